The SMILES string of the molecule is CCCC(N)C(=O)N1CCC(CN2CC(C)OC(C)C2)CC1. The Hall–Kier alpha value is -0.650. The number of carbonyl (C=O) groups excluding carboxylic acids is 1. The third-order valence-corrected chi connectivity index (χ3v) is 4.85. The number of nitrogens with two attached hydrogens (primary N) is 1. The number of piperidine rings is 1. The van der Waals surface area contributed by atoms with Crippen LogP contribution < -0.4 is 5.73 Å². The Balaban J connectivity index is 1.74. The number of morpholine rings is 1. The summed E-state index contributed by atoms with van der Waals surface area (Å²) in [5.74, 6) is 0.845. The molecule has 2 heterocycles. The molecule has 2 N–H and O–H groups in total. The Morgan fingerprint density at radius 1 is 1.23 bits per heavy atom. The maximum Gasteiger partial charge on any atom is 0.239 e. The minimum atomic E-state index is -0.303. The molecule has 0 bridgehead atoms. The highest BCUT2D eigenvalue weighted by Crippen LogP contribution is 2.21. The van der Waals surface area contributed by atoms with Crippen LogP contribution in [0, 0.1) is 5.92 Å². The van der Waals surface area contributed by atoms with Gasteiger partial charge in [0.2, 0.25) is 5.91 Å². The van der Waals surface area contributed by atoms with Crippen LogP contribution in [0.1, 0.15) is 46.5 Å². The molecular formula is C17H33N3O2. The van der Waals surface area contributed by atoms with Gasteiger partial charge < -0.3 is 15.4 Å². The summed E-state index contributed by atoms with van der Waals surface area (Å²) in [4.78, 5) is 16.7. The molecule has 22 heavy (non-hydrogen) atoms. The first-order valence-corrected chi connectivity index (χ1v) is 8.91. The number of ether oxygens (including phenoxy) is 1. The molecule has 5 heteroatoms. The zero-order valence-corrected chi connectivity index (χ0v) is 14.5. The quantitative estimate of drug-likeness (QED) is 0.835. The molecular weight excluding hydrogens is 278 g/mol. The van der Waals surface area contributed by atoms with Crippen molar-refractivity contribution < 1.29 is 9.53 Å². The van der Waals surface area contributed by atoms with Crippen molar-refractivity contribution in [1.29, 1.82) is 0 Å². The summed E-state index contributed by atoms with van der Waals surface area (Å²) in [6.07, 6.45) is 4.63. The first-order valence-electron chi connectivity index (χ1n) is 8.91. The average molecular weight is 311 g/mol. The topological polar surface area (TPSA) is 58.8 Å². The lowest BCUT2D eigenvalue weighted by Gasteiger charge is -2.39. The number of carbonyl (C=O) groups is 1. The van der Waals surface area contributed by atoms with Crippen LogP contribution in [0.25, 0.3) is 0 Å². The molecule has 2 rings (SSSR count). The van der Waals surface area contributed by atoms with Gasteiger partial charge in [0.1, 0.15) is 0 Å². The molecule has 0 aromatic rings. The third-order valence-electron chi connectivity index (χ3n) is 4.85. The second kappa shape index (κ2) is 8.27. The molecule has 2 aliphatic heterocycles. The zero-order valence-electron chi connectivity index (χ0n) is 14.5. The molecule has 3 atom stereocenters. The molecule has 0 aromatic heterocycles. The molecule has 2 aliphatic rings. The molecule has 3 unspecified atom stereocenters. The molecule has 128 valence electrons. The van der Waals surface area contributed by atoms with Crippen molar-refractivity contribution in [2.24, 2.45) is 11.7 Å². The Morgan fingerprint density at radius 2 is 1.82 bits per heavy atom. The fraction of sp³-hybridized carbons (Fsp3) is 0.941. The van der Waals surface area contributed by atoms with Gasteiger partial charge in [-0.05, 0) is 39.0 Å². The van der Waals surface area contributed by atoms with Crippen LogP contribution in [0.4, 0.5) is 0 Å². The predicted octanol–water partition coefficient (Wildman–Crippen LogP) is 1.46. The summed E-state index contributed by atoms with van der Waals surface area (Å²) in [6, 6.07) is -0.303. The Labute approximate surface area is 135 Å². The van der Waals surface area contributed by atoms with E-state index in [-0.39, 0.29) is 11.9 Å². The van der Waals surface area contributed by atoms with Crippen molar-refractivity contribution in [2.45, 2.75) is 64.7 Å². The minimum Gasteiger partial charge on any atom is -0.373 e. The number of hydrogen-bond acceptors (Lipinski definition) is 4. The summed E-state index contributed by atoms with van der Waals surface area (Å²) >= 11 is 0. The van der Waals surface area contributed by atoms with Crippen LogP contribution in [-0.2, 0) is 9.53 Å². The van der Waals surface area contributed by atoms with Gasteiger partial charge in [-0.1, -0.05) is 13.3 Å². The second-order valence-electron chi connectivity index (χ2n) is 7.14. The molecule has 5 nitrogen and oxygen atoms in total. The Kier molecular flexibility index (Phi) is 6.66. The minimum absolute atomic E-state index is 0.147. The van der Waals surface area contributed by atoms with E-state index in [9.17, 15) is 4.79 Å². The molecule has 0 spiro atoms. The zero-order chi connectivity index (χ0) is 16.1. The van der Waals surface area contributed by atoms with E-state index in [1.807, 2.05) is 4.90 Å². The lowest BCUT2D eigenvalue weighted by molar-refractivity contribution is -0.134. The van der Waals surface area contributed by atoms with E-state index in [2.05, 4.69) is 25.7 Å². The number of rotatable bonds is 5. The molecule has 2 fully saturated rings. The predicted molar refractivity (Wildman–Crippen MR) is 88.6 cm³/mol. The van der Waals surface area contributed by atoms with Gasteiger partial charge in [-0.25, -0.2) is 0 Å². The standard InChI is InChI=1S/C17H33N3O2/c1-4-5-16(18)17(21)20-8-6-15(7-9-20)12-19-10-13(2)22-14(3)11-19/h13-16H,4-12,18H2,1-3H3. The van der Waals surface area contributed by atoms with E-state index in [4.69, 9.17) is 10.5 Å². The summed E-state index contributed by atoms with van der Waals surface area (Å²) in [5.41, 5.74) is 5.96. The maximum atomic E-state index is 12.2. The van der Waals surface area contributed by atoms with Crippen LogP contribution in [0.5, 0.6) is 0 Å². The molecule has 0 aromatic carbocycles. The molecule has 2 saturated heterocycles. The van der Waals surface area contributed by atoms with Crippen molar-refractivity contribution in [3.8, 4) is 0 Å². The molecule has 1 amide bonds. The van der Waals surface area contributed by atoms with Crippen LogP contribution >= 0.6 is 0 Å². The van der Waals surface area contributed by atoms with Gasteiger partial charge >= 0.3 is 0 Å². The van der Waals surface area contributed by atoms with E-state index < -0.39 is 0 Å². The summed E-state index contributed by atoms with van der Waals surface area (Å²) in [6.45, 7) is 11.3. The van der Waals surface area contributed by atoms with E-state index in [0.717, 1.165) is 58.4 Å². The largest absolute Gasteiger partial charge is 0.373 e. The molecule has 0 radical (unpaired) electrons. The lowest BCUT2D eigenvalue weighted by Crippen LogP contribution is -2.50. The van der Waals surface area contributed by atoms with Crippen molar-refractivity contribution in [3.63, 3.8) is 0 Å². The highest BCUT2D eigenvalue weighted by atomic mass is 16.5. The normalized spacial score (nSPS) is 29.5. The lowest BCUT2D eigenvalue weighted by atomic mass is 9.95. The first kappa shape index (κ1) is 17.7. The van der Waals surface area contributed by atoms with Crippen molar-refractivity contribution in [1.82, 2.24) is 9.80 Å². The third kappa shape index (κ3) is 4.93. The van der Waals surface area contributed by atoms with Gasteiger partial charge in [0.25, 0.3) is 0 Å². The summed E-state index contributed by atoms with van der Waals surface area (Å²) in [7, 11) is 0. The van der Waals surface area contributed by atoms with Crippen LogP contribution in [0.3, 0.4) is 0 Å². The van der Waals surface area contributed by atoms with E-state index >= 15 is 0 Å². The number of hydrogen-bond donors (Lipinski definition) is 1. The molecule has 0 aliphatic carbocycles. The van der Waals surface area contributed by atoms with Gasteiger partial charge in [0, 0.05) is 32.7 Å². The Bertz CT molecular complexity index is 346. The van der Waals surface area contributed by atoms with E-state index in [1.54, 1.807) is 0 Å². The van der Waals surface area contributed by atoms with Crippen LogP contribution in [0.2, 0.25) is 0 Å². The highest BCUT2D eigenvalue weighted by Gasteiger charge is 2.29. The highest BCUT2D eigenvalue weighted by molar-refractivity contribution is 5.81. The summed E-state index contributed by atoms with van der Waals surface area (Å²) in [5, 5.41) is 0. The Morgan fingerprint density at radius 3 is 2.36 bits per heavy atom. The summed E-state index contributed by atoms with van der Waals surface area (Å²) < 4.78 is 5.79. The monoisotopic (exact) mass is 311 g/mol. The van der Waals surface area contributed by atoms with E-state index in [0.29, 0.717) is 18.1 Å². The fourth-order valence-electron chi connectivity index (χ4n) is 3.80. The van der Waals surface area contributed by atoms with E-state index in [1.165, 1.54) is 0 Å². The van der Waals surface area contributed by atoms with Crippen molar-refractivity contribution in [2.75, 3.05) is 32.7 Å². The number of nitrogens with zero attached hydrogens (tertiary/aromatic N) is 2. The van der Waals surface area contributed by atoms with Gasteiger partial charge in [-0.15, -0.1) is 0 Å². The van der Waals surface area contributed by atoms with Gasteiger partial charge in [-0.3, -0.25) is 9.69 Å². The maximum absolute atomic E-state index is 12.2. The first-order chi connectivity index (χ1) is 10.5. The van der Waals surface area contributed by atoms with Crippen LogP contribution in [-0.4, -0.2) is 66.7 Å². The number of likely N-dealkylation sites (tertiary alicyclic amines) is 1. The second-order valence-corrected chi connectivity index (χ2v) is 7.14. The van der Waals surface area contributed by atoms with Gasteiger partial charge in [0.05, 0.1) is 18.2 Å². The van der Waals surface area contributed by atoms with Crippen molar-refractivity contribution in [3.05, 3.63) is 0 Å². The van der Waals surface area contributed by atoms with Crippen molar-refractivity contribution >= 4 is 5.91 Å². The smallest absolute Gasteiger partial charge is 0.239 e. The van der Waals surface area contributed by atoms with Gasteiger partial charge in [0.15, 0.2) is 0 Å². The number of amides is 1. The fourth-order valence-corrected chi connectivity index (χ4v) is 3.80. The average Bonchev–Trinajstić information content (AvgIpc) is 2.46. The molecule has 0 saturated carbocycles. The van der Waals surface area contributed by atoms with Gasteiger partial charge in [-0.2, -0.15) is 0 Å². The van der Waals surface area contributed by atoms with Crippen LogP contribution in [0.15, 0.2) is 0 Å².